The van der Waals surface area contributed by atoms with Gasteiger partial charge in [-0.05, 0) is 31.9 Å². The Morgan fingerprint density at radius 1 is 1.04 bits per heavy atom. The summed E-state index contributed by atoms with van der Waals surface area (Å²) in [7, 11) is 0. The first-order valence-corrected chi connectivity index (χ1v) is 7.80. The van der Waals surface area contributed by atoms with E-state index < -0.39 is 0 Å². The van der Waals surface area contributed by atoms with Gasteiger partial charge in [0.2, 0.25) is 0 Å². The fraction of sp³-hybridized carbons (Fsp3) is 0.211. The molecule has 129 valence electrons. The molecular formula is C19H17IrN4O-. The molecule has 6 heteroatoms. The van der Waals surface area contributed by atoms with E-state index in [1.165, 1.54) is 16.7 Å². The van der Waals surface area contributed by atoms with Crippen molar-refractivity contribution >= 4 is 11.1 Å². The van der Waals surface area contributed by atoms with Crippen LogP contribution in [0, 0.1) is 33.8 Å². The first kappa shape index (κ1) is 17.5. The van der Waals surface area contributed by atoms with Gasteiger partial charge in [-0.3, -0.25) is 0 Å². The van der Waals surface area contributed by atoms with Crippen LogP contribution in [0.15, 0.2) is 35.0 Å². The van der Waals surface area contributed by atoms with Gasteiger partial charge in [-0.15, -0.1) is 28.9 Å². The van der Waals surface area contributed by atoms with E-state index in [9.17, 15) is 0 Å². The van der Waals surface area contributed by atoms with Gasteiger partial charge in [-0.2, -0.15) is 5.10 Å². The summed E-state index contributed by atoms with van der Waals surface area (Å²) >= 11 is 0. The molecule has 0 aliphatic rings. The minimum atomic E-state index is 0. The van der Waals surface area contributed by atoms with E-state index >= 15 is 0 Å². The Morgan fingerprint density at radius 3 is 2.48 bits per heavy atom. The number of aryl methyl sites for hydroxylation is 4. The van der Waals surface area contributed by atoms with Crippen LogP contribution in [0.25, 0.3) is 28.2 Å². The minimum Gasteiger partial charge on any atom is -0.488 e. The van der Waals surface area contributed by atoms with Crippen LogP contribution in [0.3, 0.4) is 0 Å². The van der Waals surface area contributed by atoms with E-state index in [4.69, 9.17) is 4.42 Å². The maximum absolute atomic E-state index is 5.52. The molecule has 0 saturated heterocycles. The molecule has 0 unspecified atom stereocenters. The van der Waals surface area contributed by atoms with Crippen LogP contribution in [0.4, 0.5) is 0 Å². The van der Waals surface area contributed by atoms with Gasteiger partial charge in [0.25, 0.3) is 0 Å². The standard InChI is InChI=1S/C19H17N4O.Ir/c1-11-7-12(2)18(13(3)8-11)23-10-20-22-19(23)15-5-6-17-16(9-15)21-14(4)24-17;/h6-10H,1-4H3;/q-1;. The van der Waals surface area contributed by atoms with Crippen LogP contribution in [0.1, 0.15) is 22.6 Å². The Kier molecular flexibility index (Phi) is 4.58. The van der Waals surface area contributed by atoms with Crippen molar-refractivity contribution in [3.8, 4) is 17.1 Å². The second-order valence-electron chi connectivity index (χ2n) is 6.10. The fourth-order valence-electron chi connectivity index (χ4n) is 3.25. The smallest absolute Gasteiger partial charge is 0.180 e. The van der Waals surface area contributed by atoms with Crippen molar-refractivity contribution in [1.29, 1.82) is 0 Å². The molecule has 0 atom stereocenters. The molecule has 4 aromatic rings. The van der Waals surface area contributed by atoms with Crippen molar-refractivity contribution in [3.05, 3.63) is 59.2 Å². The van der Waals surface area contributed by atoms with Gasteiger partial charge in [0.15, 0.2) is 5.89 Å². The normalized spacial score (nSPS) is 10.9. The molecule has 0 bridgehead atoms. The fourth-order valence-corrected chi connectivity index (χ4v) is 3.25. The maximum Gasteiger partial charge on any atom is 0.180 e. The SMILES string of the molecule is Cc1cc(C)c(-n2cnnc2-c2[c-]cc3oc(C)nc3c2)c(C)c1.[Ir]. The van der Waals surface area contributed by atoms with Crippen LogP contribution in [-0.2, 0) is 20.1 Å². The second-order valence-corrected chi connectivity index (χ2v) is 6.10. The predicted octanol–water partition coefficient (Wildman–Crippen LogP) is 4.11. The molecule has 0 amide bonds. The van der Waals surface area contributed by atoms with Crippen molar-refractivity contribution in [2.24, 2.45) is 0 Å². The van der Waals surface area contributed by atoms with E-state index in [1.807, 2.05) is 17.6 Å². The van der Waals surface area contributed by atoms with Crippen LogP contribution in [0.5, 0.6) is 0 Å². The summed E-state index contributed by atoms with van der Waals surface area (Å²) < 4.78 is 7.53. The third-order valence-electron chi connectivity index (χ3n) is 4.09. The number of aromatic nitrogens is 4. The zero-order valence-corrected chi connectivity index (χ0v) is 16.8. The Labute approximate surface area is 159 Å². The average molecular weight is 510 g/mol. The summed E-state index contributed by atoms with van der Waals surface area (Å²) in [5.41, 5.74) is 7.09. The summed E-state index contributed by atoms with van der Waals surface area (Å²) in [5, 5.41) is 8.42. The molecule has 4 rings (SSSR count). The quantitative estimate of drug-likeness (QED) is 0.382. The van der Waals surface area contributed by atoms with Crippen LogP contribution in [0.2, 0.25) is 0 Å². The molecule has 0 N–H and O–H groups in total. The molecule has 2 aromatic heterocycles. The van der Waals surface area contributed by atoms with Gasteiger partial charge in [-0.25, -0.2) is 4.98 Å². The number of rotatable bonds is 2. The van der Waals surface area contributed by atoms with E-state index in [0.717, 1.165) is 28.2 Å². The second kappa shape index (κ2) is 6.54. The number of fused-ring (bicyclic) bond motifs is 1. The number of oxazole rings is 1. The zero-order chi connectivity index (χ0) is 16.8. The van der Waals surface area contributed by atoms with Crippen LogP contribution in [-0.4, -0.2) is 19.7 Å². The predicted molar refractivity (Wildman–Crippen MR) is 92.1 cm³/mol. The van der Waals surface area contributed by atoms with Crippen molar-refractivity contribution in [2.45, 2.75) is 27.7 Å². The molecule has 5 nitrogen and oxygen atoms in total. The average Bonchev–Trinajstić information content (AvgIpc) is 3.10. The van der Waals surface area contributed by atoms with Gasteiger partial charge >= 0.3 is 0 Å². The third-order valence-corrected chi connectivity index (χ3v) is 4.09. The van der Waals surface area contributed by atoms with E-state index in [0.29, 0.717) is 5.89 Å². The van der Waals surface area contributed by atoms with Gasteiger partial charge < -0.3 is 8.98 Å². The number of benzene rings is 2. The van der Waals surface area contributed by atoms with Crippen LogP contribution >= 0.6 is 0 Å². The van der Waals surface area contributed by atoms with Crippen molar-refractivity contribution in [3.63, 3.8) is 0 Å². The summed E-state index contributed by atoms with van der Waals surface area (Å²) in [6, 6.07) is 11.3. The molecule has 0 fully saturated rings. The first-order chi connectivity index (χ1) is 11.5. The van der Waals surface area contributed by atoms with Gasteiger partial charge in [0.1, 0.15) is 6.33 Å². The maximum atomic E-state index is 5.52. The molecule has 0 spiro atoms. The van der Waals surface area contributed by atoms with Crippen LogP contribution < -0.4 is 0 Å². The van der Waals surface area contributed by atoms with Crippen molar-refractivity contribution in [1.82, 2.24) is 19.7 Å². The van der Waals surface area contributed by atoms with E-state index in [2.05, 4.69) is 54.2 Å². The molecule has 2 heterocycles. The molecular weight excluding hydrogens is 492 g/mol. The van der Waals surface area contributed by atoms with Crippen molar-refractivity contribution < 1.29 is 24.5 Å². The summed E-state index contributed by atoms with van der Waals surface area (Å²) in [6.07, 6.45) is 1.74. The minimum absolute atomic E-state index is 0. The Morgan fingerprint density at radius 2 is 1.76 bits per heavy atom. The monoisotopic (exact) mass is 510 g/mol. The Hall–Kier alpha value is -2.30. The largest absolute Gasteiger partial charge is 0.488 e. The van der Waals surface area contributed by atoms with E-state index in [-0.39, 0.29) is 20.1 Å². The molecule has 25 heavy (non-hydrogen) atoms. The zero-order valence-electron chi connectivity index (χ0n) is 14.4. The number of nitrogens with zero attached hydrogens (tertiary/aromatic N) is 4. The topological polar surface area (TPSA) is 56.7 Å². The third kappa shape index (κ3) is 3.03. The summed E-state index contributed by atoms with van der Waals surface area (Å²) in [5.74, 6) is 1.38. The molecule has 0 saturated carbocycles. The Balaban J connectivity index is 0.00000182. The molecule has 0 aliphatic heterocycles. The number of hydrogen-bond acceptors (Lipinski definition) is 4. The summed E-state index contributed by atoms with van der Waals surface area (Å²) in [4.78, 5) is 4.39. The molecule has 2 aromatic carbocycles. The van der Waals surface area contributed by atoms with Gasteiger partial charge in [0, 0.05) is 38.2 Å². The molecule has 0 aliphatic carbocycles. The summed E-state index contributed by atoms with van der Waals surface area (Å²) in [6.45, 7) is 8.15. The van der Waals surface area contributed by atoms with E-state index in [1.54, 1.807) is 12.4 Å². The van der Waals surface area contributed by atoms with Crippen molar-refractivity contribution in [2.75, 3.05) is 0 Å². The molecule has 1 radical (unpaired) electrons. The number of hydrogen-bond donors (Lipinski definition) is 0. The van der Waals surface area contributed by atoms with Gasteiger partial charge in [0.05, 0.1) is 11.4 Å². The van der Waals surface area contributed by atoms with Gasteiger partial charge in [-0.1, -0.05) is 17.7 Å². The Bertz CT molecular complexity index is 1040. The first-order valence-electron chi connectivity index (χ1n) is 7.80.